The van der Waals surface area contributed by atoms with E-state index in [-0.39, 0.29) is 10.5 Å². The number of nitrogens with one attached hydrogen (secondary N) is 2. The number of hydrogen-bond acceptors (Lipinski definition) is 5. The summed E-state index contributed by atoms with van der Waals surface area (Å²) in [5.41, 5.74) is 3.64. The Morgan fingerprint density at radius 3 is 2.53 bits per heavy atom. The summed E-state index contributed by atoms with van der Waals surface area (Å²) in [6, 6.07) is 19.7. The number of hydrogen-bond donors (Lipinski definition) is 2. The van der Waals surface area contributed by atoms with Gasteiger partial charge in [-0.1, -0.05) is 52.3 Å². The number of rotatable bonds is 7. The number of anilines is 1. The molecule has 0 aliphatic heterocycles. The zero-order valence-electron chi connectivity index (χ0n) is 15.9. The molecule has 7 nitrogen and oxygen atoms in total. The first kappa shape index (κ1) is 21.5. The van der Waals surface area contributed by atoms with Crippen molar-refractivity contribution in [2.24, 2.45) is 5.10 Å². The third kappa shape index (κ3) is 5.25. The Kier molecular flexibility index (Phi) is 6.86. The molecule has 30 heavy (non-hydrogen) atoms. The van der Waals surface area contributed by atoms with E-state index in [9.17, 15) is 13.2 Å². The van der Waals surface area contributed by atoms with Gasteiger partial charge in [-0.05, 0) is 36.4 Å². The Morgan fingerprint density at radius 2 is 1.77 bits per heavy atom. The van der Waals surface area contributed by atoms with Gasteiger partial charge in [0, 0.05) is 15.6 Å². The van der Waals surface area contributed by atoms with Crippen LogP contribution < -0.4 is 14.9 Å². The van der Waals surface area contributed by atoms with Crippen LogP contribution in [0.25, 0.3) is 0 Å². The predicted molar refractivity (Wildman–Crippen MR) is 119 cm³/mol. The number of sulfonamides is 1. The van der Waals surface area contributed by atoms with Crippen molar-refractivity contribution in [2.45, 2.75) is 4.90 Å². The van der Waals surface area contributed by atoms with Gasteiger partial charge in [0.15, 0.2) is 0 Å². The molecule has 1 amide bonds. The average molecular weight is 488 g/mol. The van der Waals surface area contributed by atoms with E-state index in [2.05, 4.69) is 31.2 Å². The molecule has 154 valence electrons. The highest BCUT2D eigenvalue weighted by Crippen LogP contribution is 2.26. The monoisotopic (exact) mass is 487 g/mol. The minimum Gasteiger partial charge on any atom is -0.495 e. The van der Waals surface area contributed by atoms with E-state index in [0.717, 1.165) is 10.0 Å². The fourth-order valence-corrected chi connectivity index (χ4v) is 4.04. The summed E-state index contributed by atoms with van der Waals surface area (Å²) in [5, 5.41) is 3.92. The first-order valence-corrected chi connectivity index (χ1v) is 11.0. The number of nitrogens with zero attached hydrogens (tertiary/aromatic N) is 1. The maximum Gasteiger partial charge on any atom is 0.271 e. The van der Waals surface area contributed by atoms with Crippen LogP contribution >= 0.6 is 15.9 Å². The van der Waals surface area contributed by atoms with Crippen LogP contribution in [0.4, 0.5) is 5.69 Å². The first-order chi connectivity index (χ1) is 14.4. The van der Waals surface area contributed by atoms with Crippen molar-refractivity contribution in [3.8, 4) is 5.75 Å². The molecule has 0 radical (unpaired) electrons. The third-order valence-corrected chi connectivity index (χ3v) is 6.12. The Morgan fingerprint density at radius 1 is 1.03 bits per heavy atom. The zero-order valence-corrected chi connectivity index (χ0v) is 18.3. The fourth-order valence-electron chi connectivity index (χ4n) is 2.54. The molecule has 3 aromatic carbocycles. The number of hydrazone groups is 1. The van der Waals surface area contributed by atoms with E-state index >= 15 is 0 Å². The van der Waals surface area contributed by atoms with E-state index < -0.39 is 15.9 Å². The maximum absolute atomic E-state index is 12.7. The van der Waals surface area contributed by atoms with E-state index in [4.69, 9.17) is 4.74 Å². The lowest BCUT2D eigenvalue weighted by Gasteiger charge is -2.12. The largest absolute Gasteiger partial charge is 0.495 e. The van der Waals surface area contributed by atoms with E-state index in [1.54, 1.807) is 24.3 Å². The van der Waals surface area contributed by atoms with Crippen molar-refractivity contribution < 1.29 is 17.9 Å². The summed E-state index contributed by atoms with van der Waals surface area (Å²) in [4.78, 5) is 12.3. The molecule has 0 saturated carbocycles. The van der Waals surface area contributed by atoms with Crippen LogP contribution in [0.3, 0.4) is 0 Å². The summed E-state index contributed by atoms with van der Waals surface area (Å²) in [5.74, 6) is -0.149. The van der Waals surface area contributed by atoms with Crippen LogP contribution in [0, 0.1) is 0 Å². The summed E-state index contributed by atoms with van der Waals surface area (Å²) in [6.07, 6.45) is 1.49. The van der Waals surface area contributed by atoms with Crippen molar-refractivity contribution in [3.63, 3.8) is 0 Å². The fraction of sp³-hybridized carbons (Fsp3) is 0.0476. The van der Waals surface area contributed by atoms with Gasteiger partial charge in [0.1, 0.15) is 5.75 Å². The van der Waals surface area contributed by atoms with E-state index in [0.29, 0.717) is 11.4 Å². The number of methoxy groups -OCH3 is 1. The van der Waals surface area contributed by atoms with E-state index in [1.807, 2.05) is 24.3 Å². The van der Waals surface area contributed by atoms with E-state index in [1.165, 1.54) is 37.6 Å². The second-order valence-electron chi connectivity index (χ2n) is 6.05. The molecule has 0 bridgehead atoms. The van der Waals surface area contributed by atoms with Crippen molar-refractivity contribution in [3.05, 3.63) is 88.4 Å². The molecular weight excluding hydrogens is 470 g/mol. The lowest BCUT2D eigenvalue weighted by Crippen LogP contribution is -2.19. The number of halogens is 1. The SMILES string of the molecule is COc1ccccc1NS(=O)(=O)c1cccc(C(=O)N/N=C/c2ccccc2Br)c1. The Hall–Kier alpha value is -3.17. The minimum atomic E-state index is -3.93. The van der Waals surface area contributed by atoms with Gasteiger partial charge < -0.3 is 4.74 Å². The molecule has 0 heterocycles. The lowest BCUT2D eigenvalue weighted by molar-refractivity contribution is 0.0955. The van der Waals surface area contributed by atoms with Crippen molar-refractivity contribution >= 4 is 43.8 Å². The van der Waals surface area contributed by atoms with Crippen LogP contribution in [-0.4, -0.2) is 27.6 Å². The smallest absolute Gasteiger partial charge is 0.271 e. The maximum atomic E-state index is 12.7. The van der Waals surface area contributed by atoms with Gasteiger partial charge in [0.05, 0.1) is 23.9 Å². The molecule has 0 saturated heterocycles. The molecule has 0 unspecified atom stereocenters. The quantitative estimate of drug-likeness (QED) is 0.388. The van der Waals surface area contributed by atoms with Crippen LogP contribution in [0.1, 0.15) is 15.9 Å². The predicted octanol–water partition coefficient (Wildman–Crippen LogP) is 4.02. The molecule has 0 spiro atoms. The van der Waals surface area contributed by atoms with Crippen molar-refractivity contribution in [1.29, 1.82) is 0 Å². The average Bonchev–Trinajstić information content (AvgIpc) is 2.75. The minimum absolute atomic E-state index is 0.0594. The van der Waals surface area contributed by atoms with Crippen molar-refractivity contribution in [1.82, 2.24) is 5.43 Å². The van der Waals surface area contributed by atoms with Gasteiger partial charge in [-0.15, -0.1) is 0 Å². The van der Waals surface area contributed by atoms with Gasteiger partial charge in [-0.25, -0.2) is 13.8 Å². The third-order valence-electron chi connectivity index (χ3n) is 4.03. The number of carbonyl (C=O) groups is 1. The number of ether oxygens (including phenoxy) is 1. The molecule has 2 N–H and O–H groups in total. The van der Waals surface area contributed by atoms with Gasteiger partial charge in [0.25, 0.3) is 15.9 Å². The second-order valence-corrected chi connectivity index (χ2v) is 8.59. The van der Waals surface area contributed by atoms with Crippen LogP contribution in [0.5, 0.6) is 5.75 Å². The van der Waals surface area contributed by atoms with Gasteiger partial charge in [0.2, 0.25) is 0 Å². The molecule has 3 aromatic rings. The normalized spacial score (nSPS) is 11.3. The summed E-state index contributed by atoms with van der Waals surface area (Å²) in [6.45, 7) is 0. The van der Waals surface area contributed by atoms with Gasteiger partial charge in [-0.2, -0.15) is 5.10 Å². The Bertz CT molecular complexity index is 1200. The van der Waals surface area contributed by atoms with Gasteiger partial charge in [-0.3, -0.25) is 9.52 Å². The highest BCUT2D eigenvalue weighted by Gasteiger charge is 2.18. The van der Waals surface area contributed by atoms with Crippen LogP contribution in [0.15, 0.2) is 87.3 Å². The molecular formula is C21H18BrN3O4S. The molecule has 0 aromatic heterocycles. The second kappa shape index (κ2) is 9.55. The molecule has 0 atom stereocenters. The number of carbonyl (C=O) groups excluding carboxylic acids is 1. The molecule has 0 aliphatic rings. The van der Waals surface area contributed by atoms with Crippen molar-refractivity contribution in [2.75, 3.05) is 11.8 Å². The Balaban J connectivity index is 1.76. The zero-order chi connectivity index (χ0) is 21.6. The summed E-state index contributed by atoms with van der Waals surface area (Å²) < 4.78 is 34.0. The standard InChI is InChI=1S/C21H18BrN3O4S/c1-29-20-12-5-4-11-19(20)25-30(27,28)17-9-6-8-15(13-17)21(26)24-23-14-16-7-2-3-10-18(16)22/h2-14,25H,1H3,(H,24,26)/b23-14+. The molecule has 9 heteroatoms. The first-order valence-electron chi connectivity index (χ1n) is 8.74. The summed E-state index contributed by atoms with van der Waals surface area (Å²) in [7, 11) is -2.47. The number of para-hydroxylation sites is 2. The summed E-state index contributed by atoms with van der Waals surface area (Å²) >= 11 is 3.39. The van der Waals surface area contributed by atoms with Crippen LogP contribution in [0.2, 0.25) is 0 Å². The molecule has 3 rings (SSSR count). The topological polar surface area (TPSA) is 96.9 Å². The lowest BCUT2D eigenvalue weighted by atomic mass is 10.2. The highest BCUT2D eigenvalue weighted by atomic mass is 79.9. The highest BCUT2D eigenvalue weighted by molar-refractivity contribution is 9.10. The molecule has 0 aliphatic carbocycles. The number of amides is 1. The Labute approximate surface area is 183 Å². The molecule has 0 fully saturated rings. The number of benzene rings is 3. The van der Waals surface area contributed by atoms with Crippen LogP contribution in [-0.2, 0) is 10.0 Å². The van der Waals surface area contributed by atoms with Gasteiger partial charge >= 0.3 is 0 Å².